The van der Waals surface area contributed by atoms with Gasteiger partial charge in [-0.3, -0.25) is 4.68 Å². The van der Waals surface area contributed by atoms with E-state index in [1.165, 1.54) is 12.8 Å². The third kappa shape index (κ3) is 1.47. The molecule has 0 unspecified atom stereocenters. The molecule has 1 aliphatic rings. The monoisotopic (exact) mass is 185 g/mol. The van der Waals surface area contributed by atoms with Crippen molar-refractivity contribution in [2.75, 3.05) is 7.05 Å². The highest BCUT2D eigenvalue weighted by atomic mass is 35.5. The minimum absolute atomic E-state index is 0.619. The topological polar surface area (TPSA) is 29.9 Å². The zero-order valence-electron chi connectivity index (χ0n) is 7.05. The van der Waals surface area contributed by atoms with Gasteiger partial charge in [0.2, 0.25) is 0 Å². The Morgan fingerprint density at radius 3 is 3.08 bits per heavy atom. The normalized spacial score (nSPS) is 16.8. The molecule has 0 radical (unpaired) electrons. The lowest BCUT2D eigenvalue weighted by Gasteiger charge is -1.95. The van der Waals surface area contributed by atoms with E-state index in [4.69, 9.17) is 11.6 Å². The van der Waals surface area contributed by atoms with Crippen molar-refractivity contribution < 1.29 is 0 Å². The van der Waals surface area contributed by atoms with Gasteiger partial charge in [-0.25, -0.2) is 0 Å². The third-order valence-electron chi connectivity index (χ3n) is 2.02. The maximum Gasteiger partial charge on any atom is 0.0948 e. The number of nitrogens with one attached hydrogen (secondary N) is 1. The van der Waals surface area contributed by atoms with Gasteiger partial charge in [0.15, 0.2) is 0 Å². The zero-order valence-corrected chi connectivity index (χ0v) is 7.80. The first kappa shape index (κ1) is 8.08. The highest BCUT2D eigenvalue weighted by Crippen LogP contribution is 2.35. The van der Waals surface area contributed by atoms with Gasteiger partial charge in [0.1, 0.15) is 0 Å². The Hall–Kier alpha value is -0.540. The molecule has 4 heteroatoms. The summed E-state index contributed by atoms with van der Waals surface area (Å²) in [6.45, 7) is 0.749. The number of hydrogen-bond acceptors (Lipinski definition) is 2. The predicted octanol–water partition coefficient (Wildman–Crippen LogP) is 1.59. The number of aromatic nitrogens is 2. The summed E-state index contributed by atoms with van der Waals surface area (Å²) in [5.41, 5.74) is 0.950. The summed E-state index contributed by atoms with van der Waals surface area (Å²) in [6, 6.07) is 0.619. The van der Waals surface area contributed by atoms with Gasteiger partial charge in [-0.1, -0.05) is 11.6 Å². The van der Waals surface area contributed by atoms with Crippen molar-refractivity contribution in [1.82, 2.24) is 15.1 Å². The van der Waals surface area contributed by atoms with E-state index < -0.39 is 0 Å². The van der Waals surface area contributed by atoms with Crippen LogP contribution in [0.3, 0.4) is 0 Å². The van der Waals surface area contributed by atoms with Crippen LogP contribution in [0.1, 0.15) is 24.6 Å². The summed E-state index contributed by atoms with van der Waals surface area (Å²) in [7, 11) is 1.90. The van der Waals surface area contributed by atoms with Crippen molar-refractivity contribution in [3.05, 3.63) is 16.9 Å². The fraction of sp³-hybridized carbons (Fsp3) is 0.625. The number of nitrogens with zero attached hydrogens (tertiary/aromatic N) is 2. The molecule has 66 valence electrons. The highest BCUT2D eigenvalue weighted by Gasteiger charge is 2.25. The molecule has 3 nitrogen and oxygen atoms in total. The van der Waals surface area contributed by atoms with Gasteiger partial charge in [0.05, 0.1) is 16.8 Å². The van der Waals surface area contributed by atoms with Gasteiger partial charge in [-0.15, -0.1) is 0 Å². The highest BCUT2D eigenvalue weighted by molar-refractivity contribution is 6.31. The molecule has 0 atom stereocenters. The molecular formula is C8H12ClN3. The van der Waals surface area contributed by atoms with E-state index in [0.717, 1.165) is 17.3 Å². The fourth-order valence-corrected chi connectivity index (χ4v) is 1.42. The van der Waals surface area contributed by atoms with Crippen LogP contribution < -0.4 is 5.32 Å². The molecule has 0 saturated heterocycles. The third-order valence-corrected chi connectivity index (χ3v) is 2.34. The summed E-state index contributed by atoms with van der Waals surface area (Å²) in [4.78, 5) is 0. The van der Waals surface area contributed by atoms with Crippen molar-refractivity contribution in [2.45, 2.75) is 25.4 Å². The first-order valence-corrected chi connectivity index (χ1v) is 4.57. The van der Waals surface area contributed by atoms with Crippen LogP contribution in [0, 0.1) is 0 Å². The SMILES string of the molecule is CNCc1nn(C2CC2)cc1Cl. The Labute approximate surface area is 76.7 Å². The lowest BCUT2D eigenvalue weighted by atomic mass is 10.4. The number of halogens is 1. The second-order valence-corrected chi connectivity index (χ2v) is 3.57. The predicted molar refractivity (Wildman–Crippen MR) is 48.3 cm³/mol. The maximum absolute atomic E-state index is 5.97. The van der Waals surface area contributed by atoms with Gasteiger partial charge in [0.25, 0.3) is 0 Å². The minimum atomic E-state index is 0.619. The summed E-state index contributed by atoms with van der Waals surface area (Å²) < 4.78 is 1.98. The molecule has 0 bridgehead atoms. The van der Waals surface area contributed by atoms with Gasteiger partial charge in [0, 0.05) is 12.7 Å². The molecule has 2 rings (SSSR count). The Bertz CT molecular complexity index is 278. The standard InChI is InChI=1S/C8H12ClN3/c1-10-4-8-7(9)5-12(11-8)6-2-3-6/h5-6,10H,2-4H2,1H3. The van der Waals surface area contributed by atoms with Crippen LogP contribution in [0.5, 0.6) is 0 Å². The number of rotatable bonds is 3. The summed E-state index contributed by atoms with van der Waals surface area (Å²) >= 11 is 5.97. The van der Waals surface area contributed by atoms with E-state index in [2.05, 4.69) is 10.4 Å². The summed E-state index contributed by atoms with van der Waals surface area (Å²) in [6.07, 6.45) is 4.42. The van der Waals surface area contributed by atoms with E-state index >= 15 is 0 Å². The molecule has 1 aromatic heterocycles. The average Bonchev–Trinajstić information content (AvgIpc) is 2.80. The Morgan fingerprint density at radius 2 is 2.50 bits per heavy atom. The fourth-order valence-electron chi connectivity index (χ4n) is 1.22. The Kier molecular flexibility index (Phi) is 2.07. The first-order chi connectivity index (χ1) is 5.81. The largest absolute Gasteiger partial charge is 0.314 e. The molecule has 1 aromatic rings. The minimum Gasteiger partial charge on any atom is -0.314 e. The van der Waals surface area contributed by atoms with Crippen LogP contribution in [-0.2, 0) is 6.54 Å². The number of hydrogen-bond donors (Lipinski definition) is 1. The molecule has 1 N–H and O–H groups in total. The van der Waals surface area contributed by atoms with Crippen molar-refractivity contribution in [1.29, 1.82) is 0 Å². The Morgan fingerprint density at radius 1 is 1.75 bits per heavy atom. The van der Waals surface area contributed by atoms with Crippen LogP contribution >= 0.6 is 11.6 Å². The molecule has 0 amide bonds. The van der Waals surface area contributed by atoms with Crippen molar-refractivity contribution >= 4 is 11.6 Å². The van der Waals surface area contributed by atoms with E-state index in [0.29, 0.717) is 6.04 Å². The van der Waals surface area contributed by atoms with Crippen molar-refractivity contribution in [3.8, 4) is 0 Å². The second-order valence-electron chi connectivity index (χ2n) is 3.17. The molecule has 1 aliphatic carbocycles. The van der Waals surface area contributed by atoms with E-state index in [1.54, 1.807) is 0 Å². The van der Waals surface area contributed by atoms with E-state index in [1.807, 2.05) is 17.9 Å². The lowest BCUT2D eigenvalue weighted by molar-refractivity contribution is 0.622. The van der Waals surface area contributed by atoms with Gasteiger partial charge >= 0.3 is 0 Å². The average molecular weight is 186 g/mol. The molecule has 0 aliphatic heterocycles. The van der Waals surface area contributed by atoms with Gasteiger partial charge in [-0.05, 0) is 19.9 Å². The molecule has 1 saturated carbocycles. The Balaban J connectivity index is 2.18. The molecule has 1 heterocycles. The molecule has 0 spiro atoms. The molecular weight excluding hydrogens is 174 g/mol. The maximum atomic E-state index is 5.97. The van der Waals surface area contributed by atoms with Crippen LogP contribution in [-0.4, -0.2) is 16.8 Å². The quantitative estimate of drug-likeness (QED) is 0.775. The van der Waals surface area contributed by atoms with E-state index in [-0.39, 0.29) is 0 Å². The van der Waals surface area contributed by atoms with Gasteiger partial charge in [-0.2, -0.15) is 5.10 Å². The zero-order chi connectivity index (χ0) is 8.55. The van der Waals surface area contributed by atoms with Crippen LogP contribution in [0.4, 0.5) is 0 Å². The molecule has 1 fully saturated rings. The molecule has 12 heavy (non-hydrogen) atoms. The lowest BCUT2D eigenvalue weighted by Crippen LogP contribution is -2.06. The molecule has 0 aromatic carbocycles. The van der Waals surface area contributed by atoms with Crippen molar-refractivity contribution in [2.24, 2.45) is 0 Å². The van der Waals surface area contributed by atoms with Crippen LogP contribution in [0.2, 0.25) is 5.02 Å². The van der Waals surface area contributed by atoms with Crippen molar-refractivity contribution in [3.63, 3.8) is 0 Å². The van der Waals surface area contributed by atoms with E-state index in [9.17, 15) is 0 Å². The smallest absolute Gasteiger partial charge is 0.0948 e. The van der Waals surface area contributed by atoms with Crippen LogP contribution in [0.25, 0.3) is 0 Å². The second kappa shape index (κ2) is 3.07. The first-order valence-electron chi connectivity index (χ1n) is 4.19. The van der Waals surface area contributed by atoms with Gasteiger partial charge < -0.3 is 5.32 Å². The summed E-state index contributed by atoms with van der Waals surface area (Å²) in [5, 5.41) is 8.20. The summed E-state index contributed by atoms with van der Waals surface area (Å²) in [5.74, 6) is 0. The van der Waals surface area contributed by atoms with Crippen LogP contribution in [0.15, 0.2) is 6.20 Å².